The highest BCUT2D eigenvalue weighted by Crippen LogP contribution is 2.36. The number of rotatable bonds is 3. The number of benzene rings is 2. The Balaban J connectivity index is 1.76. The van der Waals surface area contributed by atoms with Crippen molar-refractivity contribution in [3.63, 3.8) is 0 Å². The maximum absolute atomic E-state index is 13.3. The molecule has 3 nitrogen and oxygen atoms in total. The van der Waals surface area contributed by atoms with E-state index in [1.807, 2.05) is 12.1 Å². The molecule has 0 radical (unpaired) electrons. The zero-order valence-corrected chi connectivity index (χ0v) is 16.4. The Labute approximate surface area is 156 Å². The Kier molecular flexibility index (Phi) is 4.26. The second kappa shape index (κ2) is 6.46. The van der Waals surface area contributed by atoms with Crippen LogP contribution in [0.25, 0.3) is 0 Å². The number of ketones is 1. The fourth-order valence-electron chi connectivity index (χ4n) is 4.89. The lowest BCUT2D eigenvalue weighted by Crippen LogP contribution is -2.34. The van der Waals surface area contributed by atoms with Gasteiger partial charge in [-0.25, -0.2) is 0 Å². The third-order valence-electron chi connectivity index (χ3n) is 5.79. The fourth-order valence-corrected chi connectivity index (χ4v) is 4.89. The van der Waals surface area contributed by atoms with Crippen molar-refractivity contribution in [2.24, 2.45) is 0 Å². The van der Waals surface area contributed by atoms with Crippen molar-refractivity contribution in [3.8, 4) is 0 Å². The standard InChI is InChI=1S/C23H28N2O/c1-15-11-19(12-16(2)21(15)24(3)4)23(26)20-13-17-7-5-9-25-10-6-8-18(14-20)22(17)25/h11-14H,5-10H2,1-4H3. The van der Waals surface area contributed by atoms with Crippen molar-refractivity contribution in [1.29, 1.82) is 0 Å². The summed E-state index contributed by atoms with van der Waals surface area (Å²) >= 11 is 0. The fraction of sp³-hybridized carbons (Fsp3) is 0.435. The van der Waals surface area contributed by atoms with Gasteiger partial charge in [-0.3, -0.25) is 4.79 Å². The Bertz CT molecular complexity index is 828. The number of carbonyl (C=O) groups excluding carboxylic acids is 1. The second-order valence-corrected chi connectivity index (χ2v) is 8.02. The van der Waals surface area contributed by atoms with Crippen LogP contribution in [0.2, 0.25) is 0 Å². The van der Waals surface area contributed by atoms with Crippen molar-refractivity contribution < 1.29 is 4.79 Å². The van der Waals surface area contributed by atoms with Crippen LogP contribution in [0.3, 0.4) is 0 Å². The second-order valence-electron chi connectivity index (χ2n) is 8.02. The van der Waals surface area contributed by atoms with Crippen LogP contribution in [0.15, 0.2) is 24.3 Å². The van der Waals surface area contributed by atoms with Gasteiger partial charge in [0.25, 0.3) is 0 Å². The lowest BCUT2D eigenvalue weighted by Gasteiger charge is -2.37. The summed E-state index contributed by atoms with van der Waals surface area (Å²) in [5, 5.41) is 0. The molecule has 0 saturated heterocycles. The van der Waals surface area contributed by atoms with Crippen LogP contribution in [0, 0.1) is 13.8 Å². The van der Waals surface area contributed by atoms with E-state index in [2.05, 4.69) is 49.9 Å². The minimum Gasteiger partial charge on any atom is -0.377 e. The van der Waals surface area contributed by atoms with Gasteiger partial charge >= 0.3 is 0 Å². The zero-order chi connectivity index (χ0) is 18.4. The van der Waals surface area contributed by atoms with Crippen LogP contribution in [0.4, 0.5) is 11.4 Å². The van der Waals surface area contributed by atoms with E-state index in [9.17, 15) is 4.79 Å². The van der Waals surface area contributed by atoms with Gasteiger partial charge in [-0.1, -0.05) is 0 Å². The van der Waals surface area contributed by atoms with Gasteiger partial charge in [-0.2, -0.15) is 0 Å². The molecule has 0 aromatic heterocycles. The first-order chi connectivity index (χ1) is 12.5. The summed E-state index contributed by atoms with van der Waals surface area (Å²) in [6.45, 7) is 6.51. The highest BCUT2D eigenvalue weighted by molar-refractivity contribution is 6.10. The number of nitrogens with zero attached hydrogens (tertiary/aromatic N) is 2. The molecular formula is C23H28N2O. The maximum atomic E-state index is 13.3. The molecule has 2 heterocycles. The number of aryl methyl sites for hydroxylation is 4. The molecule has 0 N–H and O–H groups in total. The molecule has 0 bridgehead atoms. The first kappa shape index (κ1) is 17.1. The molecule has 0 spiro atoms. The summed E-state index contributed by atoms with van der Waals surface area (Å²) < 4.78 is 0. The monoisotopic (exact) mass is 348 g/mol. The van der Waals surface area contributed by atoms with Crippen LogP contribution < -0.4 is 9.80 Å². The number of carbonyl (C=O) groups is 1. The third-order valence-corrected chi connectivity index (χ3v) is 5.79. The number of hydrogen-bond donors (Lipinski definition) is 0. The minimum atomic E-state index is 0.156. The maximum Gasteiger partial charge on any atom is 0.193 e. The predicted molar refractivity (Wildman–Crippen MR) is 109 cm³/mol. The van der Waals surface area contributed by atoms with E-state index in [0.29, 0.717) is 0 Å². The molecule has 2 aromatic rings. The van der Waals surface area contributed by atoms with Crippen LogP contribution in [0.1, 0.15) is 51.0 Å². The first-order valence-electron chi connectivity index (χ1n) is 9.69. The molecule has 0 saturated carbocycles. The molecule has 0 aliphatic carbocycles. The van der Waals surface area contributed by atoms with Gasteiger partial charge in [0.1, 0.15) is 0 Å². The van der Waals surface area contributed by atoms with Crippen molar-refractivity contribution in [1.82, 2.24) is 0 Å². The van der Waals surface area contributed by atoms with Crippen molar-refractivity contribution in [2.75, 3.05) is 37.0 Å². The molecule has 2 aliphatic rings. The summed E-state index contributed by atoms with van der Waals surface area (Å²) in [6.07, 6.45) is 4.58. The molecular weight excluding hydrogens is 320 g/mol. The van der Waals surface area contributed by atoms with Gasteiger partial charge in [-0.15, -0.1) is 0 Å². The van der Waals surface area contributed by atoms with Crippen molar-refractivity contribution in [3.05, 3.63) is 57.6 Å². The summed E-state index contributed by atoms with van der Waals surface area (Å²) in [5.41, 5.74) is 9.35. The van der Waals surface area contributed by atoms with E-state index in [0.717, 1.165) is 48.2 Å². The number of hydrogen-bond acceptors (Lipinski definition) is 3. The third kappa shape index (κ3) is 2.80. The average Bonchev–Trinajstić information content (AvgIpc) is 2.60. The number of anilines is 2. The molecule has 4 rings (SSSR count). The van der Waals surface area contributed by atoms with E-state index >= 15 is 0 Å². The summed E-state index contributed by atoms with van der Waals surface area (Å²) in [4.78, 5) is 17.9. The lowest BCUT2D eigenvalue weighted by atomic mass is 9.88. The molecule has 0 atom stereocenters. The Morgan fingerprint density at radius 1 is 0.885 bits per heavy atom. The Morgan fingerprint density at radius 2 is 1.38 bits per heavy atom. The Hall–Kier alpha value is -2.29. The van der Waals surface area contributed by atoms with E-state index < -0.39 is 0 Å². The van der Waals surface area contributed by atoms with Gasteiger partial charge in [0.2, 0.25) is 0 Å². The van der Waals surface area contributed by atoms with Crippen LogP contribution in [0.5, 0.6) is 0 Å². The van der Waals surface area contributed by atoms with E-state index in [4.69, 9.17) is 0 Å². The normalized spacial score (nSPS) is 15.6. The van der Waals surface area contributed by atoms with E-state index in [1.54, 1.807) is 0 Å². The topological polar surface area (TPSA) is 23.6 Å². The summed E-state index contributed by atoms with van der Waals surface area (Å²) in [6, 6.07) is 8.40. The average molecular weight is 348 g/mol. The Morgan fingerprint density at radius 3 is 1.88 bits per heavy atom. The molecule has 26 heavy (non-hydrogen) atoms. The van der Waals surface area contributed by atoms with Crippen LogP contribution in [-0.2, 0) is 12.8 Å². The van der Waals surface area contributed by atoms with Crippen LogP contribution >= 0.6 is 0 Å². The highest BCUT2D eigenvalue weighted by atomic mass is 16.1. The van der Waals surface area contributed by atoms with Crippen molar-refractivity contribution in [2.45, 2.75) is 39.5 Å². The van der Waals surface area contributed by atoms with Gasteiger partial charge in [0.15, 0.2) is 5.78 Å². The SMILES string of the molecule is Cc1cc(C(=O)c2cc3c4c(c2)CCCN4CCC3)cc(C)c1N(C)C. The smallest absolute Gasteiger partial charge is 0.193 e. The predicted octanol–water partition coefficient (Wildman–Crippen LogP) is 4.30. The van der Waals surface area contributed by atoms with E-state index in [1.165, 1.54) is 35.3 Å². The molecule has 0 amide bonds. The minimum absolute atomic E-state index is 0.156. The first-order valence-corrected chi connectivity index (χ1v) is 9.69. The zero-order valence-electron chi connectivity index (χ0n) is 16.4. The molecule has 0 unspecified atom stereocenters. The molecule has 0 fully saturated rings. The lowest BCUT2D eigenvalue weighted by molar-refractivity contribution is 0.103. The summed E-state index contributed by atoms with van der Waals surface area (Å²) in [7, 11) is 4.10. The van der Waals surface area contributed by atoms with Gasteiger partial charge in [0.05, 0.1) is 0 Å². The van der Waals surface area contributed by atoms with E-state index in [-0.39, 0.29) is 5.78 Å². The quantitative estimate of drug-likeness (QED) is 0.773. The largest absolute Gasteiger partial charge is 0.377 e. The summed E-state index contributed by atoms with van der Waals surface area (Å²) in [5.74, 6) is 0.156. The van der Waals surface area contributed by atoms with Gasteiger partial charge < -0.3 is 9.80 Å². The molecule has 136 valence electrons. The van der Waals surface area contributed by atoms with Gasteiger partial charge in [0, 0.05) is 49.7 Å². The highest BCUT2D eigenvalue weighted by Gasteiger charge is 2.25. The van der Waals surface area contributed by atoms with Crippen molar-refractivity contribution >= 4 is 17.2 Å². The van der Waals surface area contributed by atoms with Gasteiger partial charge in [-0.05, 0) is 86.1 Å². The molecule has 2 aliphatic heterocycles. The molecule has 3 heteroatoms. The molecule has 2 aromatic carbocycles. The van der Waals surface area contributed by atoms with Crippen LogP contribution in [-0.4, -0.2) is 33.0 Å².